The van der Waals surface area contributed by atoms with Gasteiger partial charge in [0, 0.05) is 13.1 Å². The molecule has 0 bridgehead atoms. The molecule has 4 aromatic rings. The smallest absolute Gasteiger partial charge is 0.407 e. The summed E-state index contributed by atoms with van der Waals surface area (Å²) in [5, 5.41) is 5.62. The molecule has 0 aliphatic carbocycles. The van der Waals surface area contributed by atoms with E-state index in [4.69, 9.17) is 0 Å². The molecule has 12 nitrogen and oxygen atoms in total. The number of amides is 3. The van der Waals surface area contributed by atoms with Gasteiger partial charge in [0.1, 0.15) is 30.3 Å². The van der Waals surface area contributed by atoms with Crippen LogP contribution < -0.4 is 10.6 Å². The molecule has 0 saturated carbocycles. The van der Waals surface area contributed by atoms with Gasteiger partial charge in [0.15, 0.2) is 0 Å². The maximum absolute atomic E-state index is 12.6. The first-order valence-electron chi connectivity index (χ1n) is 13.5. The first-order chi connectivity index (χ1) is 20.5. The number of alkyl carbamates (subject to hydrolysis) is 1. The molecule has 12 heteroatoms. The zero-order valence-electron chi connectivity index (χ0n) is 22.9. The average Bonchev–Trinajstić information content (AvgIpc) is 3.85. The summed E-state index contributed by atoms with van der Waals surface area (Å²) < 4.78 is 4.54. The van der Waals surface area contributed by atoms with Crippen molar-refractivity contribution < 1.29 is 19.1 Å². The second kappa shape index (κ2) is 11.7. The number of hydrogen-bond donors (Lipinski definition) is 4. The van der Waals surface area contributed by atoms with E-state index in [-0.39, 0.29) is 24.5 Å². The second-order valence-electron chi connectivity index (χ2n) is 10.0. The maximum Gasteiger partial charge on any atom is 0.407 e. The molecule has 4 heterocycles. The van der Waals surface area contributed by atoms with Crippen molar-refractivity contribution in [1.82, 2.24) is 40.4 Å². The predicted octanol–water partition coefficient (Wildman–Crippen LogP) is 2.99. The lowest BCUT2D eigenvalue weighted by Crippen LogP contribution is -2.40. The number of ether oxygens (including phenoxy) is 1. The van der Waals surface area contributed by atoms with Gasteiger partial charge in [-0.25, -0.2) is 14.8 Å². The molecule has 2 aromatic carbocycles. The Balaban J connectivity index is 1.11. The van der Waals surface area contributed by atoms with Crippen LogP contribution in [-0.2, 0) is 14.3 Å². The normalized spacial score (nSPS) is 17.9. The zero-order valence-corrected chi connectivity index (χ0v) is 22.9. The van der Waals surface area contributed by atoms with Gasteiger partial charge in [0.2, 0.25) is 12.3 Å². The van der Waals surface area contributed by atoms with E-state index in [1.54, 1.807) is 22.2 Å². The van der Waals surface area contributed by atoms with Gasteiger partial charge in [-0.2, -0.15) is 0 Å². The highest BCUT2D eigenvalue weighted by Gasteiger charge is 2.32. The van der Waals surface area contributed by atoms with Crippen LogP contribution in [0.25, 0.3) is 33.6 Å². The number of nitrogens with zero attached hydrogens (tertiary/aromatic N) is 4. The number of nitrogens with one attached hydrogen (secondary N) is 4. The molecule has 214 valence electrons. The fraction of sp³-hybridized carbons (Fsp3) is 0.233. The van der Waals surface area contributed by atoms with E-state index in [2.05, 4.69) is 59.6 Å². The van der Waals surface area contributed by atoms with Gasteiger partial charge in [-0.05, 0) is 22.3 Å². The number of carbonyl (C=O) groups excluding carboxylic acids is 3. The van der Waals surface area contributed by atoms with Gasteiger partial charge in [0.05, 0.1) is 37.6 Å². The SMILES string of the molecule is COC(=O)NCC(=O)N1CNC[C@H]1c1ncc(-c2ccc(-c3ccc(-c4cnc(C5C=CCN5C=O)[nH]4)cc3)cc2)[nH]1. The highest BCUT2D eigenvalue weighted by Crippen LogP contribution is 2.30. The van der Waals surface area contributed by atoms with Gasteiger partial charge in [-0.3, -0.25) is 14.9 Å². The van der Waals surface area contributed by atoms with Crippen LogP contribution in [0.15, 0.2) is 73.1 Å². The Hall–Kier alpha value is -5.23. The molecule has 2 aliphatic rings. The Kier molecular flexibility index (Phi) is 7.52. The van der Waals surface area contributed by atoms with Crippen molar-refractivity contribution in [3.8, 4) is 33.6 Å². The van der Waals surface area contributed by atoms with Crippen molar-refractivity contribution >= 4 is 18.4 Å². The van der Waals surface area contributed by atoms with E-state index in [0.29, 0.717) is 25.6 Å². The van der Waals surface area contributed by atoms with Gasteiger partial charge in [0.25, 0.3) is 0 Å². The molecule has 2 aromatic heterocycles. The summed E-state index contributed by atoms with van der Waals surface area (Å²) in [6.07, 6.45) is 7.69. The summed E-state index contributed by atoms with van der Waals surface area (Å²) in [6.45, 7) is 1.37. The summed E-state index contributed by atoms with van der Waals surface area (Å²) in [4.78, 5) is 54.3. The maximum atomic E-state index is 12.6. The van der Waals surface area contributed by atoms with Crippen LogP contribution in [0.2, 0.25) is 0 Å². The number of aromatic nitrogens is 4. The van der Waals surface area contributed by atoms with Crippen molar-refractivity contribution in [2.24, 2.45) is 0 Å². The number of benzene rings is 2. The molecule has 1 fully saturated rings. The number of rotatable bonds is 8. The van der Waals surface area contributed by atoms with Gasteiger partial charge >= 0.3 is 6.09 Å². The minimum Gasteiger partial charge on any atom is -0.453 e. The number of imidazole rings is 2. The van der Waals surface area contributed by atoms with Crippen LogP contribution >= 0.6 is 0 Å². The molecular weight excluding hydrogens is 536 g/mol. The third kappa shape index (κ3) is 5.39. The predicted molar refractivity (Wildman–Crippen MR) is 155 cm³/mol. The molecule has 2 aliphatic heterocycles. The van der Waals surface area contributed by atoms with Crippen LogP contribution in [0.1, 0.15) is 23.7 Å². The van der Waals surface area contributed by atoms with Crippen molar-refractivity contribution in [3.05, 3.63) is 84.7 Å². The molecule has 6 rings (SSSR count). The number of methoxy groups -OCH3 is 1. The third-order valence-electron chi connectivity index (χ3n) is 7.52. The van der Waals surface area contributed by atoms with E-state index >= 15 is 0 Å². The lowest BCUT2D eigenvalue weighted by atomic mass is 10.0. The number of hydrogen-bond acceptors (Lipinski definition) is 7. The van der Waals surface area contributed by atoms with Crippen molar-refractivity contribution in [2.45, 2.75) is 12.1 Å². The average molecular weight is 567 g/mol. The van der Waals surface area contributed by atoms with Gasteiger partial charge < -0.3 is 29.8 Å². The molecule has 1 saturated heterocycles. The molecular formula is C30H30N8O4. The highest BCUT2D eigenvalue weighted by atomic mass is 16.5. The first kappa shape index (κ1) is 27.0. The Bertz CT molecular complexity index is 1610. The van der Waals surface area contributed by atoms with E-state index in [9.17, 15) is 14.4 Å². The number of H-pyrrole nitrogens is 2. The fourth-order valence-electron chi connectivity index (χ4n) is 5.23. The van der Waals surface area contributed by atoms with Crippen LogP contribution in [-0.4, -0.2) is 81.6 Å². The fourth-order valence-corrected chi connectivity index (χ4v) is 5.23. The van der Waals surface area contributed by atoms with Gasteiger partial charge in [-0.1, -0.05) is 60.7 Å². The Morgan fingerprint density at radius 3 is 2.17 bits per heavy atom. The van der Waals surface area contributed by atoms with Crippen LogP contribution in [0.5, 0.6) is 0 Å². The standard InChI is InChI=1S/C30H30N8O4/c1-42-30(41)34-16-27(40)38-17-31-15-26(38)29-33-14-24(36-29)22-10-6-20(7-11-22)19-4-8-21(9-5-19)23-13-32-28(35-23)25-3-2-12-37(25)18-39/h2-11,13-14,18,25-26,31H,12,15-17H2,1H3,(H,32,35)(H,33,36)(H,34,41)/t25?,26-/m0/s1. The van der Waals surface area contributed by atoms with Crippen LogP contribution in [0.3, 0.4) is 0 Å². The number of carbonyl (C=O) groups is 3. The zero-order chi connectivity index (χ0) is 29.1. The molecule has 3 amide bonds. The van der Waals surface area contributed by atoms with Gasteiger partial charge in [-0.15, -0.1) is 0 Å². The summed E-state index contributed by atoms with van der Waals surface area (Å²) in [7, 11) is 1.25. The molecule has 42 heavy (non-hydrogen) atoms. The van der Waals surface area contributed by atoms with Crippen molar-refractivity contribution in [3.63, 3.8) is 0 Å². The minimum atomic E-state index is -0.649. The van der Waals surface area contributed by atoms with E-state index in [1.165, 1.54) is 7.11 Å². The van der Waals surface area contributed by atoms with E-state index in [1.807, 2.05) is 36.4 Å². The lowest BCUT2D eigenvalue weighted by Gasteiger charge is -2.22. The summed E-state index contributed by atoms with van der Waals surface area (Å²) in [5.41, 5.74) is 5.87. The second-order valence-corrected chi connectivity index (χ2v) is 10.0. The molecule has 1 unspecified atom stereocenters. The number of aromatic amines is 2. The summed E-state index contributed by atoms with van der Waals surface area (Å²) in [5.74, 6) is 1.18. The van der Waals surface area contributed by atoms with Crippen molar-refractivity contribution in [1.29, 1.82) is 0 Å². The lowest BCUT2D eigenvalue weighted by molar-refractivity contribution is -0.131. The molecule has 2 atom stereocenters. The third-order valence-corrected chi connectivity index (χ3v) is 7.52. The summed E-state index contributed by atoms with van der Waals surface area (Å²) in [6, 6.07) is 16.0. The Morgan fingerprint density at radius 1 is 0.952 bits per heavy atom. The van der Waals surface area contributed by atoms with Crippen molar-refractivity contribution in [2.75, 3.05) is 33.4 Å². The molecule has 0 radical (unpaired) electrons. The topological polar surface area (TPSA) is 148 Å². The quantitative estimate of drug-likeness (QED) is 0.189. The van der Waals surface area contributed by atoms with Crippen LogP contribution in [0, 0.1) is 0 Å². The van der Waals surface area contributed by atoms with E-state index < -0.39 is 6.09 Å². The molecule has 0 spiro atoms. The van der Waals surface area contributed by atoms with Crippen LogP contribution in [0.4, 0.5) is 4.79 Å². The highest BCUT2D eigenvalue weighted by molar-refractivity contribution is 5.82. The Labute approximate surface area is 241 Å². The minimum absolute atomic E-state index is 0.151. The monoisotopic (exact) mass is 566 g/mol. The largest absolute Gasteiger partial charge is 0.453 e. The molecule has 4 N–H and O–H groups in total. The first-order valence-corrected chi connectivity index (χ1v) is 13.5. The van der Waals surface area contributed by atoms with E-state index in [0.717, 1.165) is 45.9 Å². The summed E-state index contributed by atoms with van der Waals surface area (Å²) >= 11 is 0. The Morgan fingerprint density at radius 2 is 1.55 bits per heavy atom.